The van der Waals surface area contributed by atoms with E-state index >= 15 is 0 Å². The molecule has 0 radical (unpaired) electrons. The van der Waals surface area contributed by atoms with Crippen LogP contribution in [0.2, 0.25) is 5.02 Å². The first-order valence-electron chi connectivity index (χ1n) is 3.69. The summed E-state index contributed by atoms with van der Waals surface area (Å²) in [6.07, 6.45) is 0. The standard InChI is InChI=1S/C7H8ClN3O2S2/c8-5-3-4(7(9)14)1-2-6(5)11-15(10,12)13/h1-3,11H,(H2,9,14)(H2,10,12,13). The van der Waals surface area contributed by atoms with E-state index in [1.165, 1.54) is 12.1 Å². The lowest BCUT2D eigenvalue weighted by molar-refractivity contribution is 0.603. The fourth-order valence-electron chi connectivity index (χ4n) is 0.904. The van der Waals surface area contributed by atoms with Crippen molar-refractivity contribution in [2.45, 2.75) is 0 Å². The molecule has 5 nitrogen and oxygen atoms in total. The van der Waals surface area contributed by atoms with Crippen molar-refractivity contribution in [1.29, 1.82) is 0 Å². The lowest BCUT2D eigenvalue weighted by Crippen LogP contribution is -2.22. The molecule has 0 amide bonds. The third-order valence-electron chi connectivity index (χ3n) is 1.51. The van der Waals surface area contributed by atoms with Gasteiger partial charge >= 0.3 is 0 Å². The highest BCUT2D eigenvalue weighted by molar-refractivity contribution is 7.90. The van der Waals surface area contributed by atoms with Crippen LogP contribution in [0.15, 0.2) is 18.2 Å². The van der Waals surface area contributed by atoms with Crippen molar-refractivity contribution < 1.29 is 8.42 Å². The van der Waals surface area contributed by atoms with Crippen LogP contribution >= 0.6 is 23.8 Å². The summed E-state index contributed by atoms with van der Waals surface area (Å²) in [5.41, 5.74) is 6.10. The number of benzene rings is 1. The first kappa shape index (κ1) is 12.2. The Morgan fingerprint density at radius 2 is 2.07 bits per heavy atom. The van der Waals surface area contributed by atoms with Crippen LogP contribution in [-0.4, -0.2) is 13.4 Å². The molecule has 0 aliphatic carbocycles. The van der Waals surface area contributed by atoms with Crippen LogP contribution in [0.1, 0.15) is 5.56 Å². The van der Waals surface area contributed by atoms with Gasteiger partial charge in [-0.25, -0.2) is 5.14 Å². The number of anilines is 1. The zero-order chi connectivity index (χ0) is 11.6. The number of nitrogens with one attached hydrogen (secondary N) is 1. The average Bonchev–Trinajstić information content (AvgIpc) is 2.05. The maximum absolute atomic E-state index is 10.7. The first-order valence-corrected chi connectivity index (χ1v) is 6.03. The van der Waals surface area contributed by atoms with Crippen LogP contribution < -0.4 is 15.6 Å². The van der Waals surface area contributed by atoms with E-state index in [0.717, 1.165) is 0 Å². The van der Waals surface area contributed by atoms with Gasteiger partial charge in [-0.1, -0.05) is 23.8 Å². The summed E-state index contributed by atoms with van der Waals surface area (Å²) >= 11 is 10.5. The van der Waals surface area contributed by atoms with Gasteiger partial charge in [0.05, 0.1) is 10.7 Å². The molecule has 0 saturated carbocycles. The third kappa shape index (κ3) is 3.63. The second kappa shape index (κ2) is 4.31. The van der Waals surface area contributed by atoms with E-state index in [0.29, 0.717) is 5.56 Å². The molecule has 0 fully saturated rings. The predicted octanol–water partition coefficient (Wildman–Crippen LogP) is 0.590. The van der Waals surface area contributed by atoms with Gasteiger partial charge in [0, 0.05) is 5.56 Å². The smallest absolute Gasteiger partial charge is 0.296 e. The van der Waals surface area contributed by atoms with Gasteiger partial charge in [-0.3, -0.25) is 4.72 Å². The molecular weight excluding hydrogens is 258 g/mol. The Labute approximate surface area is 97.6 Å². The summed E-state index contributed by atoms with van der Waals surface area (Å²) in [6, 6.07) is 4.43. The Hall–Kier alpha value is -0.890. The summed E-state index contributed by atoms with van der Waals surface area (Å²) in [4.78, 5) is 0.180. The van der Waals surface area contributed by atoms with Crippen LogP contribution in [-0.2, 0) is 10.2 Å². The minimum atomic E-state index is -3.83. The fraction of sp³-hybridized carbons (Fsp3) is 0. The average molecular weight is 266 g/mol. The summed E-state index contributed by atoms with van der Waals surface area (Å²) in [5.74, 6) is 0. The van der Waals surface area contributed by atoms with E-state index in [-0.39, 0.29) is 15.7 Å². The van der Waals surface area contributed by atoms with Crippen molar-refractivity contribution in [1.82, 2.24) is 0 Å². The van der Waals surface area contributed by atoms with Crippen molar-refractivity contribution in [3.8, 4) is 0 Å². The highest BCUT2D eigenvalue weighted by Crippen LogP contribution is 2.23. The molecule has 0 spiro atoms. The molecule has 0 aromatic heterocycles. The lowest BCUT2D eigenvalue weighted by Gasteiger charge is -2.07. The maximum Gasteiger partial charge on any atom is 0.296 e. The number of thiocarbonyl (C=S) groups is 1. The summed E-state index contributed by atoms with van der Waals surface area (Å²) in [6.45, 7) is 0. The van der Waals surface area contributed by atoms with Crippen molar-refractivity contribution in [3.05, 3.63) is 28.8 Å². The largest absolute Gasteiger partial charge is 0.389 e. The third-order valence-corrected chi connectivity index (χ3v) is 2.56. The molecule has 0 bridgehead atoms. The first-order chi connectivity index (χ1) is 6.79. The van der Waals surface area contributed by atoms with E-state index in [9.17, 15) is 8.42 Å². The molecule has 1 rings (SSSR count). The molecule has 1 aromatic rings. The van der Waals surface area contributed by atoms with Gasteiger partial charge in [0.2, 0.25) is 0 Å². The quantitative estimate of drug-likeness (QED) is 0.697. The van der Waals surface area contributed by atoms with Gasteiger partial charge in [-0.2, -0.15) is 8.42 Å². The monoisotopic (exact) mass is 265 g/mol. The highest BCUT2D eigenvalue weighted by atomic mass is 35.5. The molecular formula is C7H8ClN3O2S2. The minimum Gasteiger partial charge on any atom is -0.389 e. The molecule has 15 heavy (non-hydrogen) atoms. The Kier molecular flexibility index (Phi) is 3.50. The fourth-order valence-corrected chi connectivity index (χ4v) is 1.80. The summed E-state index contributed by atoms with van der Waals surface area (Å²) in [5, 5.41) is 4.96. The van der Waals surface area contributed by atoms with Crippen molar-refractivity contribution in [2.24, 2.45) is 10.9 Å². The molecule has 0 unspecified atom stereocenters. The topological polar surface area (TPSA) is 98.2 Å². The Balaban J connectivity index is 3.09. The Morgan fingerprint density at radius 1 is 1.47 bits per heavy atom. The van der Waals surface area contributed by atoms with Crippen molar-refractivity contribution in [3.63, 3.8) is 0 Å². The highest BCUT2D eigenvalue weighted by Gasteiger charge is 2.07. The summed E-state index contributed by atoms with van der Waals surface area (Å²) in [7, 11) is -3.83. The van der Waals surface area contributed by atoms with Gasteiger partial charge in [0.1, 0.15) is 4.99 Å². The van der Waals surface area contributed by atoms with E-state index in [1.807, 2.05) is 4.72 Å². The second-order valence-electron chi connectivity index (χ2n) is 2.71. The number of halogens is 1. The van der Waals surface area contributed by atoms with Crippen LogP contribution in [0.25, 0.3) is 0 Å². The van der Waals surface area contributed by atoms with Gasteiger partial charge in [-0.05, 0) is 18.2 Å². The number of hydrogen-bond acceptors (Lipinski definition) is 3. The van der Waals surface area contributed by atoms with E-state index in [2.05, 4.69) is 0 Å². The molecule has 0 heterocycles. The Morgan fingerprint density at radius 3 is 2.47 bits per heavy atom. The molecule has 0 atom stereocenters. The van der Waals surface area contributed by atoms with Crippen LogP contribution in [0, 0.1) is 0 Å². The Bertz CT molecular complexity index is 501. The molecule has 8 heteroatoms. The molecule has 1 aromatic carbocycles. The van der Waals surface area contributed by atoms with Gasteiger partial charge < -0.3 is 5.73 Å². The van der Waals surface area contributed by atoms with E-state index in [1.54, 1.807) is 6.07 Å². The van der Waals surface area contributed by atoms with Crippen LogP contribution in [0.4, 0.5) is 5.69 Å². The van der Waals surface area contributed by atoms with Gasteiger partial charge in [0.25, 0.3) is 10.2 Å². The lowest BCUT2D eigenvalue weighted by atomic mass is 10.2. The number of rotatable bonds is 3. The second-order valence-corrected chi connectivity index (χ2v) is 4.85. The molecule has 82 valence electrons. The van der Waals surface area contributed by atoms with E-state index < -0.39 is 10.2 Å². The minimum absolute atomic E-state index is 0.175. The van der Waals surface area contributed by atoms with Gasteiger partial charge in [-0.15, -0.1) is 0 Å². The predicted molar refractivity (Wildman–Crippen MR) is 64.1 cm³/mol. The van der Waals surface area contributed by atoms with Gasteiger partial charge in [0.15, 0.2) is 0 Å². The van der Waals surface area contributed by atoms with Crippen LogP contribution in [0.5, 0.6) is 0 Å². The number of hydrogen-bond donors (Lipinski definition) is 3. The van der Waals surface area contributed by atoms with Crippen LogP contribution in [0.3, 0.4) is 0 Å². The number of nitrogens with two attached hydrogens (primary N) is 2. The maximum atomic E-state index is 10.7. The molecule has 0 saturated heterocycles. The molecule has 0 aliphatic heterocycles. The van der Waals surface area contributed by atoms with Crippen molar-refractivity contribution >= 4 is 44.7 Å². The zero-order valence-corrected chi connectivity index (χ0v) is 9.79. The SMILES string of the molecule is NC(=S)c1ccc(NS(N)(=O)=O)c(Cl)c1. The van der Waals surface area contributed by atoms with E-state index in [4.69, 9.17) is 34.7 Å². The van der Waals surface area contributed by atoms with Crippen molar-refractivity contribution in [2.75, 3.05) is 4.72 Å². The zero-order valence-electron chi connectivity index (χ0n) is 7.40. The molecule has 5 N–H and O–H groups in total. The molecule has 0 aliphatic rings. The summed E-state index contributed by atoms with van der Waals surface area (Å²) < 4.78 is 23.5. The normalized spacial score (nSPS) is 11.1.